The Bertz CT molecular complexity index is 879. The second-order valence-electron chi connectivity index (χ2n) is 6.86. The predicted molar refractivity (Wildman–Crippen MR) is 108 cm³/mol. The van der Waals surface area contributed by atoms with Crippen LogP contribution in [0.15, 0.2) is 35.4 Å². The van der Waals surface area contributed by atoms with Gasteiger partial charge in [-0.2, -0.15) is 4.98 Å². The number of nitrogens with one attached hydrogen (secondary N) is 3. The number of rotatable bonds is 7. The van der Waals surface area contributed by atoms with Crippen LogP contribution in [-0.4, -0.2) is 31.0 Å². The van der Waals surface area contributed by atoms with Gasteiger partial charge in [-0.05, 0) is 44.9 Å². The lowest BCUT2D eigenvalue weighted by Crippen LogP contribution is -2.36. The highest BCUT2D eigenvalue weighted by Gasteiger charge is 2.22. The van der Waals surface area contributed by atoms with Crippen molar-refractivity contribution in [1.29, 1.82) is 0 Å². The summed E-state index contributed by atoms with van der Waals surface area (Å²) in [5.74, 6) is 1.18. The SMILES string of the molecule is CCNc1ncc(C)c(Nc2cccc(S(=O)(=O)NC3CCCCC3)c2)n1. The molecular weight excluding hydrogens is 362 g/mol. The number of sulfonamides is 1. The molecule has 3 rings (SSSR count). The maximum Gasteiger partial charge on any atom is 0.240 e. The molecule has 1 fully saturated rings. The van der Waals surface area contributed by atoms with Crippen LogP contribution in [0.5, 0.6) is 0 Å². The molecule has 0 aliphatic heterocycles. The molecule has 146 valence electrons. The standard InChI is InChI=1S/C19H27N5O2S/c1-3-20-19-21-13-14(2)18(23-19)22-16-10-7-11-17(12-16)27(25,26)24-15-8-5-4-6-9-15/h7,10-13,15,24H,3-6,8-9H2,1-2H3,(H2,20,21,22,23). The minimum absolute atomic E-state index is 0.0344. The average molecular weight is 390 g/mol. The Morgan fingerprint density at radius 1 is 1.19 bits per heavy atom. The number of aromatic nitrogens is 2. The first-order valence-electron chi connectivity index (χ1n) is 9.45. The largest absolute Gasteiger partial charge is 0.354 e. The van der Waals surface area contributed by atoms with Gasteiger partial charge >= 0.3 is 0 Å². The van der Waals surface area contributed by atoms with Gasteiger partial charge in [0.05, 0.1) is 4.90 Å². The lowest BCUT2D eigenvalue weighted by molar-refractivity contribution is 0.412. The molecule has 3 N–H and O–H groups in total. The maximum atomic E-state index is 12.7. The predicted octanol–water partition coefficient (Wildman–Crippen LogP) is 3.57. The molecule has 1 aromatic heterocycles. The van der Waals surface area contributed by atoms with Crippen LogP contribution in [0.3, 0.4) is 0 Å². The summed E-state index contributed by atoms with van der Waals surface area (Å²) >= 11 is 0. The third kappa shape index (κ3) is 5.17. The number of hydrogen-bond donors (Lipinski definition) is 3. The molecule has 1 aromatic carbocycles. The van der Waals surface area contributed by atoms with E-state index in [-0.39, 0.29) is 10.9 Å². The molecule has 27 heavy (non-hydrogen) atoms. The number of anilines is 3. The first-order valence-corrected chi connectivity index (χ1v) is 10.9. The topological polar surface area (TPSA) is 96.0 Å². The summed E-state index contributed by atoms with van der Waals surface area (Å²) in [6.07, 6.45) is 6.89. The van der Waals surface area contributed by atoms with Gasteiger partial charge in [-0.15, -0.1) is 0 Å². The van der Waals surface area contributed by atoms with E-state index in [4.69, 9.17) is 0 Å². The van der Waals surface area contributed by atoms with Crippen molar-refractivity contribution in [3.8, 4) is 0 Å². The fourth-order valence-corrected chi connectivity index (χ4v) is 4.55. The van der Waals surface area contributed by atoms with Crippen LogP contribution >= 0.6 is 0 Å². The van der Waals surface area contributed by atoms with Crippen molar-refractivity contribution < 1.29 is 8.42 Å². The van der Waals surface area contributed by atoms with E-state index in [0.29, 0.717) is 17.5 Å². The third-order valence-electron chi connectivity index (χ3n) is 4.64. The highest BCUT2D eigenvalue weighted by atomic mass is 32.2. The van der Waals surface area contributed by atoms with Crippen LogP contribution in [0.1, 0.15) is 44.6 Å². The minimum atomic E-state index is -3.54. The van der Waals surface area contributed by atoms with Gasteiger partial charge in [0.2, 0.25) is 16.0 Å². The van der Waals surface area contributed by atoms with Gasteiger partial charge in [0.25, 0.3) is 0 Å². The quantitative estimate of drug-likeness (QED) is 0.670. The highest BCUT2D eigenvalue weighted by Crippen LogP contribution is 2.23. The second kappa shape index (κ2) is 8.67. The van der Waals surface area contributed by atoms with Crippen molar-refractivity contribution in [1.82, 2.24) is 14.7 Å². The van der Waals surface area contributed by atoms with Crippen LogP contribution in [0, 0.1) is 6.92 Å². The van der Waals surface area contributed by atoms with Gasteiger partial charge in [-0.25, -0.2) is 18.1 Å². The zero-order chi connectivity index (χ0) is 19.3. The Kier molecular flexibility index (Phi) is 6.28. The Balaban J connectivity index is 1.78. The Morgan fingerprint density at radius 3 is 2.70 bits per heavy atom. The fraction of sp³-hybridized carbons (Fsp3) is 0.474. The maximum absolute atomic E-state index is 12.7. The highest BCUT2D eigenvalue weighted by molar-refractivity contribution is 7.89. The normalized spacial score (nSPS) is 15.5. The number of hydrogen-bond acceptors (Lipinski definition) is 6. The third-order valence-corrected chi connectivity index (χ3v) is 6.16. The van der Waals surface area contributed by atoms with Crippen molar-refractivity contribution in [2.45, 2.75) is 56.9 Å². The molecule has 0 bridgehead atoms. The summed E-state index contributed by atoms with van der Waals surface area (Å²) in [4.78, 5) is 8.93. The van der Waals surface area contributed by atoms with Crippen LogP contribution in [0.25, 0.3) is 0 Å². The molecule has 0 amide bonds. The van der Waals surface area contributed by atoms with E-state index < -0.39 is 10.0 Å². The van der Waals surface area contributed by atoms with E-state index >= 15 is 0 Å². The van der Waals surface area contributed by atoms with E-state index in [1.807, 2.05) is 19.9 Å². The Hall–Kier alpha value is -2.19. The molecular formula is C19H27N5O2S. The van der Waals surface area contributed by atoms with Gasteiger partial charge < -0.3 is 10.6 Å². The first-order chi connectivity index (χ1) is 13.0. The molecule has 2 aromatic rings. The molecule has 0 atom stereocenters. The van der Waals surface area contributed by atoms with Crippen LogP contribution in [0.2, 0.25) is 0 Å². The summed E-state index contributed by atoms with van der Waals surface area (Å²) in [5, 5.41) is 6.28. The van der Waals surface area contributed by atoms with Crippen LogP contribution < -0.4 is 15.4 Å². The van der Waals surface area contributed by atoms with Crippen molar-refractivity contribution in [3.05, 3.63) is 36.0 Å². The van der Waals surface area contributed by atoms with E-state index in [1.165, 1.54) is 6.42 Å². The molecule has 1 aliphatic carbocycles. The van der Waals surface area contributed by atoms with Gasteiger partial charge in [0.15, 0.2) is 0 Å². The van der Waals surface area contributed by atoms with Crippen LogP contribution in [-0.2, 0) is 10.0 Å². The Morgan fingerprint density at radius 2 is 1.96 bits per heavy atom. The van der Waals surface area contributed by atoms with E-state index in [0.717, 1.165) is 37.8 Å². The zero-order valence-corrected chi connectivity index (χ0v) is 16.6. The van der Waals surface area contributed by atoms with E-state index in [1.54, 1.807) is 24.4 Å². The molecule has 7 nitrogen and oxygen atoms in total. The minimum Gasteiger partial charge on any atom is -0.354 e. The molecule has 1 heterocycles. The first kappa shape index (κ1) is 19.6. The molecule has 0 unspecified atom stereocenters. The number of aryl methyl sites for hydroxylation is 1. The summed E-state index contributed by atoms with van der Waals surface area (Å²) < 4.78 is 28.3. The molecule has 0 radical (unpaired) electrons. The van der Waals surface area contributed by atoms with Crippen molar-refractivity contribution in [3.63, 3.8) is 0 Å². The van der Waals surface area contributed by atoms with Crippen molar-refractivity contribution >= 4 is 27.5 Å². The van der Waals surface area contributed by atoms with Crippen molar-refractivity contribution in [2.75, 3.05) is 17.2 Å². The fourth-order valence-electron chi connectivity index (χ4n) is 3.20. The van der Waals surface area contributed by atoms with Crippen molar-refractivity contribution in [2.24, 2.45) is 0 Å². The number of nitrogens with zero attached hydrogens (tertiary/aromatic N) is 2. The monoisotopic (exact) mass is 389 g/mol. The van der Waals surface area contributed by atoms with E-state index in [9.17, 15) is 8.42 Å². The summed E-state index contributed by atoms with van der Waals surface area (Å²) in [6, 6.07) is 6.85. The Labute approximate surface area is 161 Å². The summed E-state index contributed by atoms with van der Waals surface area (Å²) in [5.41, 5.74) is 1.55. The lowest BCUT2D eigenvalue weighted by Gasteiger charge is -2.22. The van der Waals surface area contributed by atoms with Gasteiger partial charge in [-0.1, -0.05) is 25.3 Å². The average Bonchev–Trinajstić information content (AvgIpc) is 2.65. The van der Waals surface area contributed by atoms with Gasteiger partial charge in [0.1, 0.15) is 5.82 Å². The van der Waals surface area contributed by atoms with Gasteiger partial charge in [0, 0.05) is 30.0 Å². The van der Waals surface area contributed by atoms with Crippen LogP contribution in [0.4, 0.5) is 17.5 Å². The molecule has 1 saturated carbocycles. The number of benzene rings is 1. The molecule has 1 aliphatic rings. The lowest BCUT2D eigenvalue weighted by atomic mass is 9.96. The van der Waals surface area contributed by atoms with E-state index in [2.05, 4.69) is 25.3 Å². The smallest absolute Gasteiger partial charge is 0.240 e. The summed E-state index contributed by atoms with van der Waals surface area (Å²) in [7, 11) is -3.54. The summed E-state index contributed by atoms with van der Waals surface area (Å²) in [6.45, 7) is 4.61. The molecule has 8 heteroatoms. The second-order valence-corrected chi connectivity index (χ2v) is 8.58. The molecule has 0 spiro atoms. The van der Waals surface area contributed by atoms with Gasteiger partial charge in [-0.3, -0.25) is 0 Å². The molecule has 0 saturated heterocycles. The zero-order valence-electron chi connectivity index (χ0n) is 15.8.